The van der Waals surface area contributed by atoms with Crippen LogP contribution in [-0.2, 0) is 0 Å². The van der Waals surface area contributed by atoms with E-state index in [0.29, 0.717) is 22.6 Å². The molecule has 2 atom stereocenters. The smallest absolute Gasteiger partial charge is 0.252 e. The number of nitrogens with two attached hydrogens (primary N) is 2. The van der Waals surface area contributed by atoms with Gasteiger partial charge in [0.1, 0.15) is 17.4 Å². The van der Waals surface area contributed by atoms with E-state index in [2.05, 4.69) is 20.6 Å². The summed E-state index contributed by atoms with van der Waals surface area (Å²) in [6.45, 7) is 0. The molecule has 0 spiro atoms. The lowest BCUT2D eigenvalue weighted by atomic mass is 9.91. The average molecular weight is 469 g/mol. The fraction of sp³-hybridized carbons (Fsp3) is 0.292. The molecule has 4 rings (SSSR count). The van der Waals surface area contributed by atoms with Crippen molar-refractivity contribution in [2.45, 2.75) is 37.8 Å². The first-order chi connectivity index (χ1) is 16.4. The number of pyridine rings is 2. The van der Waals surface area contributed by atoms with Crippen molar-refractivity contribution < 1.29 is 18.3 Å². The molecule has 178 valence electrons. The molecule has 2 heterocycles. The van der Waals surface area contributed by atoms with E-state index in [1.165, 1.54) is 25.6 Å². The molecule has 1 amide bonds. The molecule has 1 aromatic carbocycles. The number of primary amides is 1. The number of methoxy groups -OCH3 is 1. The Balaban J connectivity index is 1.65. The van der Waals surface area contributed by atoms with Crippen molar-refractivity contribution in [1.29, 1.82) is 0 Å². The standard InChI is InChI=1S/C24H26F2N6O2/c1-34-15-6-7-16(18(25)9-15)13-8-14(12-29-11-13)30-23-17(22(28)33)10-19(26)24(32-23)31-21-5-3-2-4-20(21)27/h6-12,20-21H,2-5,27H2,1H3,(H2,28,33)(H2,30,31,32). The van der Waals surface area contributed by atoms with E-state index in [1.807, 2.05) is 0 Å². The molecule has 0 bridgehead atoms. The summed E-state index contributed by atoms with van der Waals surface area (Å²) in [7, 11) is 1.46. The van der Waals surface area contributed by atoms with E-state index < -0.39 is 17.5 Å². The molecule has 0 saturated heterocycles. The Labute approximate surface area is 195 Å². The number of rotatable bonds is 7. The lowest BCUT2D eigenvalue weighted by molar-refractivity contribution is 0.100. The fourth-order valence-electron chi connectivity index (χ4n) is 4.04. The van der Waals surface area contributed by atoms with Gasteiger partial charge in [0.25, 0.3) is 5.91 Å². The minimum atomic E-state index is -0.847. The van der Waals surface area contributed by atoms with E-state index in [1.54, 1.807) is 18.2 Å². The molecule has 0 aliphatic heterocycles. The van der Waals surface area contributed by atoms with Crippen LogP contribution in [-0.4, -0.2) is 35.1 Å². The highest BCUT2D eigenvalue weighted by molar-refractivity contribution is 5.98. The highest BCUT2D eigenvalue weighted by atomic mass is 19.1. The summed E-state index contributed by atoms with van der Waals surface area (Å²) in [4.78, 5) is 20.4. The number of benzene rings is 1. The van der Waals surface area contributed by atoms with Gasteiger partial charge in [-0.3, -0.25) is 9.78 Å². The number of nitrogens with one attached hydrogen (secondary N) is 2. The molecule has 2 aromatic heterocycles. The van der Waals surface area contributed by atoms with Crippen molar-refractivity contribution in [3.8, 4) is 16.9 Å². The van der Waals surface area contributed by atoms with Crippen molar-refractivity contribution in [2.24, 2.45) is 11.5 Å². The van der Waals surface area contributed by atoms with E-state index >= 15 is 0 Å². The molecule has 1 aliphatic rings. The summed E-state index contributed by atoms with van der Waals surface area (Å²) in [5, 5.41) is 6.03. The summed E-state index contributed by atoms with van der Waals surface area (Å²) in [6, 6.07) is 6.91. The first-order valence-electron chi connectivity index (χ1n) is 10.9. The maximum atomic E-state index is 14.7. The highest BCUT2D eigenvalue weighted by Crippen LogP contribution is 2.30. The number of carbonyl (C=O) groups is 1. The van der Waals surface area contributed by atoms with E-state index in [-0.39, 0.29) is 29.3 Å². The summed E-state index contributed by atoms with van der Waals surface area (Å²) >= 11 is 0. The van der Waals surface area contributed by atoms with Gasteiger partial charge in [-0.15, -0.1) is 0 Å². The van der Waals surface area contributed by atoms with Crippen LogP contribution in [0, 0.1) is 11.6 Å². The Bertz CT molecular complexity index is 1210. The van der Waals surface area contributed by atoms with Crippen molar-refractivity contribution in [1.82, 2.24) is 9.97 Å². The van der Waals surface area contributed by atoms with Crippen LogP contribution >= 0.6 is 0 Å². The first kappa shape index (κ1) is 23.4. The monoisotopic (exact) mass is 468 g/mol. The average Bonchev–Trinajstić information content (AvgIpc) is 2.82. The first-order valence-corrected chi connectivity index (χ1v) is 10.9. The Morgan fingerprint density at radius 2 is 1.88 bits per heavy atom. The number of aromatic nitrogens is 2. The number of ether oxygens (including phenoxy) is 1. The summed E-state index contributed by atoms with van der Waals surface area (Å²) in [6.07, 6.45) is 6.62. The Morgan fingerprint density at radius 3 is 2.59 bits per heavy atom. The van der Waals surface area contributed by atoms with Crippen LogP contribution in [0.4, 0.5) is 26.1 Å². The summed E-state index contributed by atoms with van der Waals surface area (Å²) < 4.78 is 34.3. The lowest BCUT2D eigenvalue weighted by Crippen LogP contribution is -2.43. The van der Waals surface area contributed by atoms with E-state index in [4.69, 9.17) is 16.2 Å². The molecule has 8 nitrogen and oxygen atoms in total. The number of hydrogen-bond acceptors (Lipinski definition) is 7. The van der Waals surface area contributed by atoms with Gasteiger partial charge in [-0.25, -0.2) is 13.8 Å². The zero-order valence-corrected chi connectivity index (χ0v) is 18.6. The maximum Gasteiger partial charge on any atom is 0.252 e. The van der Waals surface area contributed by atoms with Gasteiger partial charge in [-0.05, 0) is 37.1 Å². The quantitative estimate of drug-likeness (QED) is 0.413. The summed E-state index contributed by atoms with van der Waals surface area (Å²) in [5.41, 5.74) is 12.7. The largest absolute Gasteiger partial charge is 0.497 e. The van der Waals surface area contributed by atoms with Crippen LogP contribution in [0.1, 0.15) is 36.0 Å². The van der Waals surface area contributed by atoms with Crippen molar-refractivity contribution in [3.05, 3.63) is 59.9 Å². The third-order valence-corrected chi connectivity index (χ3v) is 5.87. The van der Waals surface area contributed by atoms with Crippen LogP contribution in [0.5, 0.6) is 5.75 Å². The maximum absolute atomic E-state index is 14.7. The van der Waals surface area contributed by atoms with Crippen molar-refractivity contribution in [2.75, 3.05) is 17.7 Å². The topological polar surface area (TPSA) is 128 Å². The van der Waals surface area contributed by atoms with Gasteiger partial charge in [0.2, 0.25) is 0 Å². The van der Waals surface area contributed by atoms with Gasteiger partial charge >= 0.3 is 0 Å². The predicted octanol–water partition coefficient (Wildman–Crippen LogP) is 3.95. The van der Waals surface area contributed by atoms with E-state index in [0.717, 1.165) is 31.7 Å². The molecule has 6 N–H and O–H groups in total. The van der Waals surface area contributed by atoms with Crippen LogP contribution in [0.25, 0.3) is 11.1 Å². The zero-order valence-electron chi connectivity index (χ0n) is 18.6. The van der Waals surface area contributed by atoms with Crippen molar-refractivity contribution in [3.63, 3.8) is 0 Å². The number of hydrogen-bond donors (Lipinski definition) is 4. The van der Waals surface area contributed by atoms with E-state index in [9.17, 15) is 13.6 Å². The number of amides is 1. The van der Waals surface area contributed by atoms with Gasteiger partial charge in [0, 0.05) is 35.5 Å². The summed E-state index contributed by atoms with van der Waals surface area (Å²) in [5.74, 6) is -1.62. The fourth-order valence-corrected chi connectivity index (χ4v) is 4.04. The van der Waals surface area contributed by atoms with Gasteiger partial charge < -0.3 is 26.8 Å². The molecule has 0 radical (unpaired) electrons. The number of nitrogens with zero attached hydrogens (tertiary/aromatic N) is 2. The third kappa shape index (κ3) is 5.07. The van der Waals surface area contributed by atoms with Crippen LogP contribution in [0.3, 0.4) is 0 Å². The van der Waals surface area contributed by atoms with Gasteiger partial charge in [-0.2, -0.15) is 0 Å². The van der Waals surface area contributed by atoms with Gasteiger partial charge in [0.05, 0.1) is 24.6 Å². The van der Waals surface area contributed by atoms with Gasteiger partial charge in [-0.1, -0.05) is 12.8 Å². The third-order valence-electron chi connectivity index (χ3n) is 5.87. The van der Waals surface area contributed by atoms with Crippen LogP contribution < -0.4 is 26.8 Å². The molecule has 1 fully saturated rings. The van der Waals surface area contributed by atoms with Crippen molar-refractivity contribution >= 4 is 23.2 Å². The predicted molar refractivity (Wildman–Crippen MR) is 126 cm³/mol. The molecule has 2 unspecified atom stereocenters. The zero-order chi connectivity index (χ0) is 24.2. The number of carbonyl (C=O) groups excluding carboxylic acids is 1. The molecular formula is C24H26F2N6O2. The molecule has 10 heteroatoms. The molecular weight excluding hydrogens is 442 g/mol. The van der Waals surface area contributed by atoms with Crippen LogP contribution in [0.2, 0.25) is 0 Å². The number of halogens is 2. The Morgan fingerprint density at radius 1 is 1.09 bits per heavy atom. The Hall–Kier alpha value is -3.79. The molecule has 34 heavy (non-hydrogen) atoms. The second-order valence-corrected chi connectivity index (χ2v) is 8.21. The minimum absolute atomic E-state index is 0.0276. The highest BCUT2D eigenvalue weighted by Gasteiger charge is 2.24. The second kappa shape index (κ2) is 10.0. The molecule has 1 aliphatic carbocycles. The van der Waals surface area contributed by atoms with Crippen LogP contribution in [0.15, 0.2) is 42.7 Å². The number of anilines is 3. The molecule has 1 saturated carbocycles. The van der Waals surface area contributed by atoms with Gasteiger partial charge in [0.15, 0.2) is 11.6 Å². The SMILES string of the molecule is COc1ccc(-c2cncc(Nc3nc(NC4CCCCC4N)c(F)cc3C(N)=O)c2)c(F)c1. The normalized spacial score (nSPS) is 17.8. The minimum Gasteiger partial charge on any atom is -0.497 e. The second-order valence-electron chi connectivity index (χ2n) is 8.21. The molecule has 3 aromatic rings. The lowest BCUT2D eigenvalue weighted by Gasteiger charge is -2.30. The Kier molecular flexibility index (Phi) is 6.87.